The molecule has 2 amide bonds. The summed E-state index contributed by atoms with van der Waals surface area (Å²) in [6.07, 6.45) is 2.52. The molecule has 0 radical (unpaired) electrons. The number of nitrogens with zero attached hydrogens (tertiary/aromatic N) is 2. The molecule has 3 aromatic rings. The fraction of sp³-hybridized carbons (Fsp3) is 0.355. The van der Waals surface area contributed by atoms with E-state index in [1.165, 1.54) is 12.1 Å². The largest absolute Gasteiger partial charge is 0.480 e. The fourth-order valence-electron chi connectivity index (χ4n) is 4.49. The molecule has 11 heteroatoms. The number of carbonyl (C=O) groups is 3. The third kappa shape index (κ3) is 8.21. The normalized spacial score (nSPS) is 17.1. The molecule has 0 unspecified atom stereocenters. The van der Waals surface area contributed by atoms with Crippen molar-refractivity contribution in [2.24, 2.45) is 0 Å². The molecule has 9 nitrogen and oxygen atoms in total. The monoisotopic (exact) mass is 613 g/mol. The summed E-state index contributed by atoms with van der Waals surface area (Å²) in [5, 5.41) is 12.5. The molecule has 0 bridgehead atoms. The van der Waals surface area contributed by atoms with Crippen molar-refractivity contribution in [1.82, 2.24) is 10.3 Å². The van der Waals surface area contributed by atoms with E-state index >= 15 is 0 Å². The molecule has 4 rings (SSSR count). The van der Waals surface area contributed by atoms with Crippen LogP contribution in [0.3, 0.4) is 0 Å². The van der Waals surface area contributed by atoms with Crippen LogP contribution in [0.2, 0.25) is 10.0 Å². The molecule has 2 N–H and O–H groups in total. The highest BCUT2D eigenvalue weighted by atomic mass is 35.5. The number of anilines is 1. The van der Waals surface area contributed by atoms with E-state index in [0.29, 0.717) is 25.3 Å². The molecule has 1 heterocycles. The molecule has 1 aromatic heterocycles. The second kappa shape index (κ2) is 13.5. The number of carbonyl (C=O) groups excluding carboxylic acids is 2. The Kier molecular flexibility index (Phi) is 10.1. The molecule has 222 valence electrons. The van der Waals surface area contributed by atoms with E-state index in [1.54, 1.807) is 41.4 Å². The van der Waals surface area contributed by atoms with Gasteiger partial charge in [-0.05, 0) is 69.0 Å². The van der Waals surface area contributed by atoms with Crippen LogP contribution in [0.5, 0.6) is 0 Å². The predicted octanol–water partition coefficient (Wildman–Crippen LogP) is 6.30. The van der Waals surface area contributed by atoms with Gasteiger partial charge in [-0.1, -0.05) is 59.6 Å². The van der Waals surface area contributed by atoms with Gasteiger partial charge in [0.15, 0.2) is 0 Å². The predicted molar refractivity (Wildman–Crippen MR) is 160 cm³/mol. The van der Waals surface area contributed by atoms with Crippen LogP contribution >= 0.6 is 23.2 Å². The molecule has 0 aliphatic heterocycles. The molecule has 1 fully saturated rings. The van der Waals surface area contributed by atoms with Crippen LogP contribution in [0, 0.1) is 0 Å². The Labute approximate surface area is 254 Å². The first-order valence-corrected chi connectivity index (χ1v) is 14.3. The Morgan fingerprint density at radius 3 is 2.21 bits per heavy atom. The van der Waals surface area contributed by atoms with E-state index < -0.39 is 29.6 Å². The average Bonchev–Trinajstić information content (AvgIpc) is 2.89. The first-order chi connectivity index (χ1) is 19.9. The SMILES string of the molecule is CC(C)(C)OC(=O)N(c1ccccn1)C1CC(OCc2ccc(C[C@H](NC(=O)c3c(Cl)cccc3Cl)C(=O)O)cc2)C1. The van der Waals surface area contributed by atoms with Crippen LogP contribution < -0.4 is 10.2 Å². The first kappa shape index (κ1) is 31.3. The number of aliphatic carboxylic acids is 1. The van der Waals surface area contributed by atoms with Gasteiger partial charge in [-0.3, -0.25) is 9.69 Å². The van der Waals surface area contributed by atoms with Crippen LogP contribution in [0.4, 0.5) is 10.6 Å². The number of hydrogen-bond donors (Lipinski definition) is 2. The number of pyridine rings is 1. The van der Waals surface area contributed by atoms with Crippen molar-refractivity contribution in [3.8, 4) is 0 Å². The highest BCUT2D eigenvalue weighted by Gasteiger charge is 2.40. The van der Waals surface area contributed by atoms with E-state index in [0.717, 1.165) is 11.1 Å². The van der Waals surface area contributed by atoms with Gasteiger partial charge >= 0.3 is 12.1 Å². The van der Waals surface area contributed by atoms with Gasteiger partial charge < -0.3 is 19.9 Å². The Balaban J connectivity index is 1.30. The van der Waals surface area contributed by atoms with E-state index in [9.17, 15) is 19.5 Å². The highest BCUT2D eigenvalue weighted by Crippen LogP contribution is 2.33. The summed E-state index contributed by atoms with van der Waals surface area (Å²) in [6, 6.07) is 16.1. The second-order valence-electron chi connectivity index (χ2n) is 11.1. The molecular weight excluding hydrogens is 581 g/mol. The van der Waals surface area contributed by atoms with Crippen LogP contribution in [-0.2, 0) is 27.3 Å². The zero-order chi connectivity index (χ0) is 30.4. The van der Waals surface area contributed by atoms with Crippen molar-refractivity contribution in [2.45, 2.75) is 70.4 Å². The third-order valence-electron chi connectivity index (χ3n) is 6.66. The van der Waals surface area contributed by atoms with Gasteiger partial charge in [-0.2, -0.15) is 0 Å². The minimum absolute atomic E-state index is 0.0343. The number of nitrogens with one attached hydrogen (secondary N) is 1. The molecule has 1 aliphatic rings. The van der Waals surface area contributed by atoms with Crippen molar-refractivity contribution in [2.75, 3.05) is 4.90 Å². The number of carboxylic acid groups (broad SMARTS) is 1. The Morgan fingerprint density at radius 1 is 1.00 bits per heavy atom. The van der Waals surface area contributed by atoms with Gasteiger partial charge in [0, 0.05) is 18.7 Å². The van der Waals surface area contributed by atoms with Crippen molar-refractivity contribution in [3.63, 3.8) is 0 Å². The Morgan fingerprint density at radius 2 is 1.64 bits per heavy atom. The summed E-state index contributed by atoms with van der Waals surface area (Å²) in [6.45, 7) is 5.84. The number of ether oxygens (including phenoxy) is 2. The lowest BCUT2D eigenvalue weighted by Crippen LogP contribution is -2.52. The zero-order valence-electron chi connectivity index (χ0n) is 23.6. The van der Waals surface area contributed by atoms with E-state index in [2.05, 4.69) is 10.3 Å². The lowest BCUT2D eigenvalue weighted by Gasteiger charge is -2.42. The molecule has 1 atom stereocenters. The van der Waals surface area contributed by atoms with Crippen molar-refractivity contribution in [3.05, 3.63) is 93.6 Å². The smallest absolute Gasteiger partial charge is 0.416 e. The summed E-state index contributed by atoms with van der Waals surface area (Å²) >= 11 is 12.2. The maximum atomic E-state index is 12.9. The number of hydrogen-bond acceptors (Lipinski definition) is 6. The summed E-state index contributed by atoms with van der Waals surface area (Å²) in [4.78, 5) is 43.4. The van der Waals surface area contributed by atoms with Crippen LogP contribution in [0.15, 0.2) is 66.9 Å². The number of amides is 2. The lowest BCUT2D eigenvalue weighted by molar-refractivity contribution is -0.139. The summed E-state index contributed by atoms with van der Waals surface area (Å²) in [7, 11) is 0. The van der Waals surface area contributed by atoms with Crippen LogP contribution in [0.25, 0.3) is 0 Å². The molecule has 0 saturated heterocycles. The number of carboxylic acids is 1. The number of aromatic nitrogens is 1. The second-order valence-corrected chi connectivity index (χ2v) is 11.9. The topological polar surface area (TPSA) is 118 Å². The minimum Gasteiger partial charge on any atom is -0.480 e. The maximum Gasteiger partial charge on any atom is 0.416 e. The van der Waals surface area contributed by atoms with E-state index in [-0.39, 0.29) is 34.2 Å². The average molecular weight is 615 g/mol. The van der Waals surface area contributed by atoms with Crippen molar-refractivity contribution in [1.29, 1.82) is 0 Å². The van der Waals surface area contributed by atoms with Crippen molar-refractivity contribution < 1.29 is 29.0 Å². The van der Waals surface area contributed by atoms with Gasteiger partial charge in [0.1, 0.15) is 17.5 Å². The van der Waals surface area contributed by atoms with E-state index in [4.69, 9.17) is 32.7 Å². The molecule has 0 spiro atoms. The number of benzene rings is 2. The summed E-state index contributed by atoms with van der Waals surface area (Å²) < 4.78 is 11.7. The van der Waals surface area contributed by atoms with Gasteiger partial charge in [0.25, 0.3) is 5.91 Å². The molecule has 1 saturated carbocycles. The maximum absolute atomic E-state index is 12.9. The number of halogens is 2. The number of rotatable bonds is 10. The minimum atomic E-state index is -1.18. The van der Waals surface area contributed by atoms with Gasteiger partial charge in [0.2, 0.25) is 0 Å². The standard InChI is InChI=1S/C31H33Cl2N3O6/c1-31(2,3)42-30(40)36(26-9-4-5-14-34-26)21-16-22(17-21)41-18-20-12-10-19(11-13-20)15-25(29(38)39)35-28(37)27-23(32)7-6-8-24(27)33/h4-14,21-22,25H,15-18H2,1-3H3,(H,35,37)(H,38,39)/t21?,22?,25-/m0/s1. The summed E-state index contributed by atoms with van der Waals surface area (Å²) in [5.74, 6) is -1.30. The molecule has 2 aromatic carbocycles. The first-order valence-electron chi connectivity index (χ1n) is 13.5. The van der Waals surface area contributed by atoms with Crippen LogP contribution in [-0.4, -0.2) is 51.8 Å². The fourth-order valence-corrected chi connectivity index (χ4v) is 5.06. The van der Waals surface area contributed by atoms with Crippen molar-refractivity contribution >= 4 is 47.0 Å². The third-order valence-corrected chi connectivity index (χ3v) is 7.29. The Bertz CT molecular complexity index is 1390. The van der Waals surface area contributed by atoms with Gasteiger partial charge in [0.05, 0.1) is 28.3 Å². The Hall–Kier alpha value is -3.66. The van der Waals surface area contributed by atoms with Gasteiger partial charge in [-0.15, -0.1) is 0 Å². The quantitative estimate of drug-likeness (QED) is 0.275. The van der Waals surface area contributed by atoms with E-state index in [1.807, 2.05) is 39.0 Å². The molecular formula is C31H33Cl2N3O6. The molecule has 42 heavy (non-hydrogen) atoms. The van der Waals surface area contributed by atoms with Crippen LogP contribution in [0.1, 0.15) is 55.1 Å². The highest BCUT2D eigenvalue weighted by molar-refractivity contribution is 6.39. The lowest BCUT2D eigenvalue weighted by atomic mass is 9.88. The summed E-state index contributed by atoms with van der Waals surface area (Å²) in [5.41, 5.74) is 1.04. The van der Waals surface area contributed by atoms with Gasteiger partial charge in [-0.25, -0.2) is 14.6 Å². The molecule has 1 aliphatic carbocycles. The zero-order valence-corrected chi connectivity index (χ0v) is 25.1.